The summed E-state index contributed by atoms with van der Waals surface area (Å²) < 4.78 is 6.01. The topological polar surface area (TPSA) is 92.1 Å². The standard InChI is InChI=1S/C14H20N6O/c1-20-8-2-3-12(9-20)21-11-6-4-10(5-7-11)16-14-17-13(15)18-19-14/h4-7,12H,2-3,8-9H2,1H3,(H4,15,16,17,18,19). The number of hydrogen-bond donors (Lipinski definition) is 3. The van der Waals surface area contributed by atoms with E-state index in [0.29, 0.717) is 11.9 Å². The van der Waals surface area contributed by atoms with Crippen molar-refractivity contribution in [3.8, 4) is 5.75 Å². The molecule has 1 fully saturated rings. The first-order chi connectivity index (χ1) is 10.2. The summed E-state index contributed by atoms with van der Waals surface area (Å²) in [6.45, 7) is 2.14. The molecule has 0 spiro atoms. The SMILES string of the molecule is CN1CCCC(Oc2ccc(Nc3n[nH]c(N)n3)cc2)C1. The van der Waals surface area contributed by atoms with Gasteiger partial charge in [-0.1, -0.05) is 0 Å². The van der Waals surface area contributed by atoms with Gasteiger partial charge in [-0.2, -0.15) is 4.98 Å². The van der Waals surface area contributed by atoms with Crippen LogP contribution in [-0.4, -0.2) is 46.3 Å². The Morgan fingerprint density at radius 3 is 2.86 bits per heavy atom. The van der Waals surface area contributed by atoms with Crippen molar-refractivity contribution >= 4 is 17.6 Å². The van der Waals surface area contributed by atoms with E-state index in [4.69, 9.17) is 10.5 Å². The molecule has 0 aliphatic carbocycles. The molecule has 1 saturated heterocycles. The number of aromatic nitrogens is 3. The van der Waals surface area contributed by atoms with E-state index in [9.17, 15) is 0 Å². The zero-order valence-electron chi connectivity index (χ0n) is 12.0. The molecule has 0 radical (unpaired) electrons. The predicted octanol–water partition coefficient (Wildman–Crippen LogP) is 1.60. The highest BCUT2D eigenvalue weighted by Gasteiger charge is 2.18. The Balaban J connectivity index is 1.58. The fourth-order valence-electron chi connectivity index (χ4n) is 2.48. The third kappa shape index (κ3) is 3.63. The lowest BCUT2D eigenvalue weighted by molar-refractivity contribution is 0.104. The van der Waals surface area contributed by atoms with E-state index in [2.05, 4.69) is 32.4 Å². The van der Waals surface area contributed by atoms with Crippen molar-refractivity contribution in [2.45, 2.75) is 18.9 Å². The molecule has 0 saturated carbocycles. The summed E-state index contributed by atoms with van der Waals surface area (Å²) in [6.07, 6.45) is 2.57. The molecule has 7 heteroatoms. The van der Waals surface area contributed by atoms with Gasteiger partial charge in [0.05, 0.1) is 0 Å². The maximum absolute atomic E-state index is 6.01. The second-order valence-electron chi connectivity index (χ2n) is 5.34. The predicted molar refractivity (Wildman–Crippen MR) is 81.7 cm³/mol. The number of nitrogens with one attached hydrogen (secondary N) is 2. The molecule has 1 aliphatic rings. The summed E-state index contributed by atoms with van der Waals surface area (Å²) in [4.78, 5) is 6.30. The Morgan fingerprint density at radius 2 is 2.19 bits per heavy atom. The summed E-state index contributed by atoms with van der Waals surface area (Å²) in [5, 5.41) is 9.58. The van der Waals surface area contributed by atoms with Gasteiger partial charge in [0.1, 0.15) is 11.9 Å². The van der Waals surface area contributed by atoms with Crippen LogP contribution in [0, 0.1) is 0 Å². The summed E-state index contributed by atoms with van der Waals surface area (Å²) >= 11 is 0. The van der Waals surface area contributed by atoms with Gasteiger partial charge in [-0.25, -0.2) is 5.10 Å². The van der Waals surface area contributed by atoms with Crippen LogP contribution in [0.5, 0.6) is 5.75 Å². The van der Waals surface area contributed by atoms with Crippen LogP contribution in [0.4, 0.5) is 17.6 Å². The highest BCUT2D eigenvalue weighted by atomic mass is 16.5. The van der Waals surface area contributed by atoms with Crippen molar-refractivity contribution in [1.82, 2.24) is 20.1 Å². The van der Waals surface area contributed by atoms with Crippen LogP contribution in [0.2, 0.25) is 0 Å². The largest absolute Gasteiger partial charge is 0.489 e. The normalized spacial score (nSPS) is 19.4. The second-order valence-corrected chi connectivity index (χ2v) is 5.34. The minimum Gasteiger partial charge on any atom is -0.489 e. The first-order valence-electron chi connectivity index (χ1n) is 7.09. The van der Waals surface area contributed by atoms with Gasteiger partial charge in [0.25, 0.3) is 0 Å². The van der Waals surface area contributed by atoms with Gasteiger partial charge in [-0.3, -0.25) is 0 Å². The van der Waals surface area contributed by atoms with Gasteiger partial charge < -0.3 is 20.7 Å². The van der Waals surface area contributed by atoms with Crippen LogP contribution in [-0.2, 0) is 0 Å². The maximum atomic E-state index is 6.01. The van der Waals surface area contributed by atoms with E-state index in [-0.39, 0.29) is 6.10 Å². The van der Waals surface area contributed by atoms with Gasteiger partial charge in [-0.05, 0) is 50.7 Å². The minimum absolute atomic E-state index is 0.273. The Labute approximate surface area is 123 Å². The van der Waals surface area contributed by atoms with E-state index >= 15 is 0 Å². The van der Waals surface area contributed by atoms with Crippen molar-refractivity contribution < 1.29 is 4.74 Å². The van der Waals surface area contributed by atoms with Crippen molar-refractivity contribution in [2.75, 3.05) is 31.2 Å². The number of aromatic amines is 1. The number of nitrogen functional groups attached to an aromatic ring is 1. The fourth-order valence-corrected chi connectivity index (χ4v) is 2.48. The smallest absolute Gasteiger partial charge is 0.248 e. The molecular formula is C14H20N6O. The summed E-state index contributed by atoms with van der Waals surface area (Å²) in [5.74, 6) is 1.63. The average Bonchev–Trinajstić information content (AvgIpc) is 2.86. The molecule has 1 aromatic carbocycles. The summed E-state index contributed by atoms with van der Waals surface area (Å²) in [5.41, 5.74) is 6.37. The maximum Gasteiger partial charge on any atom is 0.248 e. The molecule has 1 unspecified atom stereocenters. The molecule has 1 aromatic heterocycles. The highest BCUT2D eigenvalue weighted by molar-refractivity contribution is 5.54. The first kappa shape index (κ1) is 13.7. The van der Waals surface area contributed by atoms with Gasteiger partial charge in [0.2, 0.25) is 11.9 Å². The van der Waals surface area contributed by atoms with Crippen LogP contribution in [0.3, 0.4) is 0 Å². The van der Waals surface area contributed by atoms with Crippen molar-refractivity contribution in [1.29, 1.82) is 0 Å². The molecule has 0 bridgehead atoms. The van der Waals surface area contributed by atoms with Crippen LogP contribution >= 0.6 is 0 Å². The number of anilines is 3. The minimum atomic E-state index is 0.273. The Kier molecular flexibility index (Phi) is 3.92. The zero-order chi connectivity index (χ0) is 14.7. The lowest BCUT2D eigenvalue weighted by Gasteiger charge is -2.30. The van der Waals surface area contributed by atoms with E-state index in [1.807, 2.05) is 24.3 Å². The molecule has 2 heterocycles. The number of likely N-dealkylation sites (N-methyl/N-ethyl adjacent to an activating group) is 1. The first-order valence-corrected chi connectivity index (χ1v) is 7.09. The molecule has 7 nitrogen and oxygen atoms in total. The molecule has 112 valence electrons. The van der Waals surface area contributed by atoms with Gasteiger partial charge in [-0.15, -0.1) is 5.10 Å². The molecule has 21 heavy (non-hydrogen) atoms. The Hall–Kier alpha value is -2.28. The lowest BCUT2D eigenvalue weighted by Crippen LogP contribution is -2.38. The number of H-pyrrole nitrogens is 1. The number of benzene rings is 1. The van der Waals surface area contributed by atoms with Gasteiger partial charge in [0.15, 0.2) is 0 Å². The Morgan fingerprint density at radius 1 is 1.38 bits per heavy atom. The zero-order valence-corrected chi connectivity index (χ0v) is 12.0. The van der Waals surface area contributed by atoms with Crippen LogP contribution < -0.4 is 15.8 Å². The van der Waals surface area contributed by atoms with Crippen molar-refractivity contribution in [3.63, 3.8) is 0 Å². The fraction of sp³-hybridized carbons (Fsp3) is 0.429. The second kappa shape index (κ2) is 6.01. The third-order valence-electron chi connectivity index (χ3n) is 3.50. The number of hydrogen-bond acceptors (Lipinski definition) is 6. The van der Waals surface area contributed by atoms with Gasteiger partial charge >= 0.3 is 0 Å². The summed E-state index contributed by atoms with van der Waals surface area (Å²) in [6, 6.07) is 7.78. The number of nitrogens with two attached hydrogens (primary N) is 1. The van der Waals surface area contributed by atoms with E-state index in [0.717, 1.165) is 30.9 Å². The number of rotatable bonds is 4. The Bertz CT molecular complexity index is 581. The lowest BCUT2D eigenvalue weighted by atomic mass is 10.1. The van der Waals surface area contributed by atoms with Crippen molar-refractivity contribution in [2.24, 2.45) is 0 Å². The highest BCUT2D eigenvalue weighted by Crippen LogP contribution is 2.21. The molecule has 0 amide bonds. The van der Waals surface area contributed by atoms with Crippen LogP contribution in [0.25, 0.3) is 0 Å². The quantitative estimate of drug-likeness (QED) is 0.791. The number of piperidine rings is 1. The number of nitrogens with zero attached hydrogens (tertiary/aromatic N) is 3. The average molecular weight is 288 g/mol. The molecule has 2 aromatic rings. The van der Waals surface area contributed by atoms with E-state index in [1.165, 1.54) is 6.42 Å². The molecular weight excluding hydrogens is 268 g/mol. The van der Waals surface area contributed by atoms with Crippen LogP contribution in [0.15, 0.2) is 24.3 Å². The van der Waals surface area contributed by atoms with E-state index in [1.54, 1.807) is 0 Å². The number of likely N-dealkylation sites (tertiary alicyclic amines) is 1. The monoisotopic (exact) mass is 288 g/mol. The van der Waals surface area contributed by atoms with Crippen LogP contribution in [0.1, 0.15) is 12.8 Å². The molecule has 1 atom stereocenters. The van der Waals surface area contributed by atoms with E-state index < -0.39 is 0 Å². The number of ether oxygens (including phenoxy) is 1. The van der Waals surface area contributed by atoms with Gasteiger partial charge in [0, 0.05) is 12.2 Å². The third-order valence-corrected chi connectivity index (χ3v) is 3.50. The summed E-state index contributed by atoms with van der Waals surface area (Å²) in [7, 11) is 2.13. The molecule has 1 aliphatic heterocycles. The van der Waals surface area contributed by atoms with Crippen molar-refractivity contribution in [3.05, 3.63) is 24.3 Å². The molecule has 3 rings (SSSR count). The molecule has 4 N–H and O–H groups in total.